The molecule has 0 radical (unpaired) electrons. The first-order chi connectivity index (χ1) is 10.8. The molecule has 0 aliphatic carbocycles. The van der Waals surface area contributed by atoms with Crippen molar-refractivity contribution in [2.45, 2.75) is 11.7 Å². The maximum absolute atomic E-state index is 4.62. The van der Waals surface area contributed by atoms with Crippen LogP contribution >= 0.6 is 27.7 Å². The molecule has 1 saturated heterocycles. The molecule has 2 aromatic heterocycles. The van der Waals surface area contributed by atoms with Crippen molar-refractivity contribution < 1.29 is 0 Å². The molecule has 0 aromatic carbocycles. The highest BCUT2D eigenvalue weighted by atomic mass is 79.9. The normalized spacial score (nSPS) is 16.0. The third-order valence-electron chi connectivity index (χ3n) is 3.67. The van der Waals surface area contributed by atoms with Gasteiger partial charge in [-0.25, -0.2) is 9.97 Å². The summed E-state index contributed by atoms with van der Waals surface area (Å²) in [5, 5.41) is 0.814. The summed E-state index contributed by atoms with van der Waals surface area (Å²) in [5.74, 6) is 0.997. The lowest BCUT2D eigenvalue weighted by molar-refractivity contribution is 0.246. The summed E-state index contributed by atoms with van der Waals surface area (Å²) in [4.78, 5) is 18.1. The van der Waals surface area contributed by atoms with Gasteiger partial charge in [-0.1, -0.05) is 17.8 Å². The largest absolute Gasteiger partial charge is 0.353 e. The topological polar surface area (TPSA) is 45.2 Å². The van der Waals surface area contributed by atoms with E-state index >= 15 is 0 Å². The van der Waals surface area contributed by atoms with Gasteiger partial charge in [-0.2, -0.15) is 0 Å². The number of hydrogen-bond donors (Lipinski definition) is 0. The SMILES string of the molecule is CSc1ncc(Br)c(N2CCN(Cc3ccccn3)CC2)n1. The van der Waals surface area contributed by atoms with Gasteiger partial charge >= 0.3 is 0 Å². The van der Waals surface area contributed by atoms with Gasteiger partial charge < -0.3 is 4.90 Å². The van der Waals surface area contributed by atoms with Crippen molar-refractivity contribution in [1.82, 2.24) is 19.9 Å². The smallest absolute Gasteiger partial charge is 0.189 e. The number of pyridine rings is 1. The van der Waals surface area contributed by atoms with Crippen molar-refractivity contribution >= 4 is 33.5 Å². The van der Waals surface area contributed by atoms with Crippen LogP contribution in [0.25, 0.3) is 0 Å². The predicted molar refractivity (Wildman–Crippen MR) is 93.2 cm³/mol. The Labute approximate surface area is 143 Å². The molecule has 0 unspecified atom stereocenters. The van der Waals surface area contributed by atoms with E-state index in [9.17, 15) is 0 Å². The molecular weight excluding hydrogens is 362 g/mol. The molecule has 116 valence electrons. The van der Waals surface area contributed by atoms with E-state index in [0.29, 0.717) is 0 Å². The van der Waals surface area contributed by atoms with E-state index in [1.54, 1.807) is 11.8 Å². The number of thioether (sulfide) groups is 1. The van der Waals surface area contributed by atoms with Crippen molar-refractivity contribution in [3.05, 3.63) is 40.8 Å². The molecule has 3 rings (SSSR count). The van der Waals surface area contributed by atoms with E-state index in [-0.39, 0.29) is 0 Å². The van der Waals surface area contributed by atoms with Gasteiger partial charge in [0.15, 0.2) is 5.16 Å². The van der Waals surface area contributed by atoms with Gasteiger partial charge in [0.2, 0.25) is 0 Å². The fourth-order valence-corrected chi connectivity index (χ4v) is 3.28. The van der Waals surface area contributed by atoms with Gasteiger partial charge in [0, 0.05) is 45.1 Å². The summed E-state index contributed by atoms with van der Waals surface area (Å²) in [7, 11) is 0. The second kappa shape index (κ2) is 7.39. The van der Waals surface area contributed by atoms with Crippen molar-refractivity contribution in [2.24, 2.45) is 0 Å². The maximum Gasteiger partial charge on any atom is 0.189 e. The minimum Gasteiger partial charge on any atom is -0.353 e. The molecule has 3 heterocycles. The first-order valence-corrected chi connectivity index (χ1v) is 9.22. The number of anilines is 1. The Morgan fingerprint density at radius 2 is 2.00 bits per heavy atom. The Kier molecular flexibility index (Phi) is 5.28. The monoisotopic (exact) mass is 379 g/mol. The van der Waals surface area contributed by atoms with E-state index in [1.807, 2.05) is 30.8 Å². The molecule has 0 bridgehead atoms. The molecule has 7 heteroatoms. The Balaban J connectivity index is 1.62. The third-order valence-corrected chi connectivity index (χ3v) is 4.79. The van der Waals surface area contributed by atoms with E-state index < -0.39 is 0 Å². The van der Waals surface area contributed by atoms with Crippen molar-refractivity contribution in [1.29, 1.82) is 0 Å². The molecule has 22 heavy (non-hydrogen) atoms. The van der Waals surface area contributed by atoms with Crippen LogP contribution in [0.1, 0.15) is 5.69 Å². The number of aromatic nitrogens is 3. The van der Waals surface area contributed by atoms with Crippen molar-refractivity contribution in [2.75, 3.05) is 37.3 Å². The molecule has 0 amide bonds. The van der Waals surface area contributed by atoms with Crippen molar-refractivity contribution in [3.8, 4) is 0 Å². The molecule has 2 aromatic rings. The summed E-state index contributed by atoms with van der Waals surface area (Å²) < 4.78 is 0.962. The molecule has 0 N–H and O–H groups in total. The highest BCUT2D eigenvalue weighted by molar-refractivity contribution is 9.10. The zero-order chi connectivity index (χ0) is 15.4. The van der Waals surface area contributed by atoms with Gasteiger partial charge in [0.25, 0.3) is 0 Å². The Hall–Kier alpha value is -1.18. The number of rotatable bonds is 4. The second-order valence-corrected chi connectivity index (χ2v) is 6.74. The van der Waals surface area contributed by atoms with Gasteiger partial charge in [0.05, 0.1) is 10.2 Å². The molecule has 5 nitrogen and oxygen atoms in total. The molecule has 0 saturated carbocycles. The first-order valence-electron chi connectivity index (χ1n) is 7.20. The van der Waals surface area contributed by atoms with E-state index in [4.69, 9.17) is 0 Å². The maximum atomic E-state index is 4.62. The fraction of sp³-hybridized carbons (Fsp3) is 0.400. The van der Waals surface area contributed by atoms with Crippen LogP contribution in [0.2, 0.25) is 0 Å². The summed E-state index contributed by atoms with van der Waals surface area (Å²) in [6.07, 6.45) is 5.69. The van der Waals surface area contributed by atoms with E-state index in [2.05, 4.69) is 46.7 Å². The molecule has 0 atom stereocenters. The highest BCUT2D eigenvalue weighted by Gasteiger charge is 2.20. The van der Waals surface area contributed by atoms with Crippen LogP contribution in [0.4, 0.5) is 5.82 Å². The zero-order valence-electron chi connectivity index (χ0n) is 12.4. The minimum absolute atomic E-state index is 0.814. The molecular formula is C15H18BrN5S. The summed E-state index contributed by atoms with van der Waals surface area (Å²) >= 11 is 5.13. The van der Waals surface area contributed by atoms with E-state index in [1.165, 1.54) is 0 Å². The minimum atomic E-state index is 0.814. The van der Waals surface area contributed by atoms with Gasteiger partial charge in [-0.3, -0.25) is 9.88 Å². The second-order valence-electron chi connectivity index (χ2n) is 5.11. The van der Waals surface area contributed by atoms with Crippen LogP contribution in [-0.4, -0.2) is 52.3 Å². The van der Waals surface area contributed by atoms with Crippen LogP contribution in [0.3, 0.4) is 0 Å². The quantitative estimate of drug-likeness (QED) is 0.600. The molecule has 1 aliphatic rings. The van der Waals surface area contributed by atoms with Crippen LogP contribution < -0.4 is 4.90 Å². The average molecular weight is 380 g/mol. The van der Waals surface area contributed by atoms with E-state index in [0.717, 1.165) is 53.9 Å². The molecule has 1 aliphatic heterocycles. The van der Waals surface area contributed by atoms with Crippen LogP contribution in [0.5, 0.6) is 0 Å². The van der Waals surface area contributed by atoms with Gasteiger partial charge in [-0.15, -0.1) is 0 Å². The number of hydrogen-bond acceptors (Lipinski definition) is 6. The first kappa shape index (κ1) is 15.7. The lowest BCUT2D eigenvalue weighted by atomic mass is 10.2. The number of nitrogens with zero attached hydrogens (tertiary/aromatic N) is 5. The lowest BCUT2D eigenvalue weighted by Crippen LogP contribution is -2.46. The van der Waals surface area contributed by atoms with Gasteiger partial charge in [-0.05, 0) is 34.3 Å². The predicted octanol–water partition coefficient (Wildman–Crippen LogP) is 2.68. The summed E-state index contributed by atoms with van der Waals surface area (Å²) in [6, 6.07) is 6.08. The number of halogens is 1. The fourth-order valence-electron chi connectivity index (χ4n) is 2.50. The average Bonchev–Trinajstić information content (AvgIpc) is 2.57. The van der Waals surface area contributed by atoms with Crippen LogP contribution in [0, 0.1) is 0 Å². The van der Waals surface area contributed by atoms with Gasteiger partial charge in [0.1, 0.15) is 5.82 Å². The Morgan fingerprint density at radius 3 is 2.68 bits per heavy atom. The summed E-state index contributed by atoms with van der Waals surface area (Å²) in [5.41, 5.74) is 1.13. The van der Waals surface area contributed by atoms with Crippen LogP contribution in [0.15, 0.2) is 40.2 Å². The van der Waals surface area contributed by atoms with Crippen LogP contribution in [-0.2, 0) is 6.54 Å². The molecule has 0 spiro atoms. The standard InChI is InChI=1S/C15H18BrN5S/c1-22-15-18-10-13(16)14(19-15)21-8-6-20(7-9-21)11-12-4-2-3-5-17-12/h2-5,10H,6-9,11H2,1H3. The number of piperazine rings is 1. The summed E-state index contributed by atoms with van der Waals surface area (Å²) in [6.45, 7) is 4.88. The highest BCUT2D eigenvalue weighted by Crippen LogP contribution is 2.26. The zero-order valence-corrected chi connectivity index (χ0v) is 14.8. The lowest BCUT2D eigenvalue weighted by Gasteiger charge is -2.35. The van der Waals surface area contributed by atoms with Crippen molar-refractivity contribution in [3.63, 3.8) is 0 Å². The molecule has 1 fully saturated rings. The Morgan fingerprint density at radius 1 is 1.18 bits per heavy atom. The third kappa shape index (κ3) is 3.77. The Bertz CT molecular complexity index is 617.